The van der Waals surface area contributed by atoms with E-state index in [4.69, 9.17) is 0 Å². The summed E-state index contributed by atoms with van der Waals surface area (Å²) in [4.78, 5) is 2.52. The molecule has 0 aliphatic heterocycles. The average Bonchev–Trinajstić information content (AvgIpc) is 3.66. The highest BCUT2D eigenvalue weighted by Crippen LogP contribution is 2.55. The molecule has 0 radical (unpaired) electrons. The van der Waals surface area contributed by atoms with Crippen LogP contribution in [0, 0.1) is 0 Å². The Labute approximate surface area is 376 Å². The molecule has 10 rings (SSSR count). The summed E-state index contributed by atoms with van der Waals surface area (Å²) in [6.45, 7) is 23.5. The molecule has 8 aromatic carbocycles. The van der Waals surface area contributed by atoms with Crippen molar-refractivity contribution in [2.24, 2.45) is 0 Å². The van der Waals surface area contributed by atoms with Gasteiger partial charge in [-0.1, -0.05) is 215 Å². The van der Waals surface area contributed by atoms with Crippen molar-refractivity contribution in [2.45, 2.75) is 90.9 Å². The van der Waals surface area contributed by atoms with Crippen molar-refractivity contribution in [1.29, 1.82) is 0 Å². The molecule has 1 heteroatoms. The standard InChI is InChI=1S/C62H59N/c1-59(2,3)43-36-42(37-44(39-43)60(4,5)6)46-20-13-17-28-56(46)63(45-33-30-40(31-34-45)41-32-35-49-47-21-11-15-26-53(47)61(7,8)55(49)38-41)57-29-18-14-23-50(57)52-25-19-24-51-48-22-12-16-27-54(48)62(9,10)58(51)52/h11-39H,1-10H3. The summed E-state index contributed by atoms with van der Waals surface area (Å²) in [6, 6.07) is 66.5. The minimum absolute atomic E-state index is 0.0132. The van der Waals surface area contributed by atoms with E-state index < -0.39 is 0 Å². The molecule has 0 N–H and O–H groups in total. The number of hydrogen-bond acceptors (Lipinski definition) is 1. The summed E-state index contributed by atoms with van der Waals surface area (Å²) in [5, 5.41) is 0. The summed E-state index contributed by atoms with van der Waals surface area (Å²) in [5.74, 6) is 0. The van der Waals surface area contributed by atoms with Crippen molar-refractivity contribution < 1.29 is 0 Å². The van der Waals surface area contributed by atoms with Crippen molar-refractivity contribution in [2.75, 3.05) is 4.90 Å². The second-order valence-electron chi connectivity index (χ2n) is 21.0. The fourth-order valence-electron chi connectivity index (χ4n) is 10.6. The molecule has 0 fully saturated rings. The van der Waals surface area contributed by atoms with Crippen molar-refractivity contribution in [1.82, 2.24) is 0 Å². The van der Waals surface area contributed by atoms with E-state index in [1.54, 1.807) is 0 Å². The third kappa shape index (κ3) is 6.67. The van der Waals surface area contributed by atoms with E-state index in [1.165, 1.54) is 89.0 Å². The maximum absolute atomic E-state index is 2.52. The molecule has 0 amide bonds. The van der Waals surface area contributed by atoms with Crippen molar-refractivity contribution in [3.8, 4) is 55.6 Å². The number of nitrogens with zero attached hydrogens (tertiary/aromatic N) is 1. The molecule has 0 atom stereocenters. The molecule has 0 spiro atoms. The molecule has 0 saturated carbocycles. The molecule has 0 unspecified atom stereocenters. The second-order valence-corrected chi connectivity index (χ2v) is 21.0. The van der Waals surface area contributed by atoms with Gasteiger partial charge in [-0.2, -0.15) is 0 Å². The molecule has 0 aromatic heterocycles. The number of rotatable bonds is 6. The van der Waals surface area contributed by atoms with Gasteiger partial charge in [0.1, 0.15) is 0 Å². The largest absolute Gasteiger partial charge is 0.309 e. The first-order valence-electron chi connectivity index (χ1n) is 22.8. The van der Waals surface area contributed by atoms with E-state index in [1.807, 2.05) is 0 Å². The first-order chi connectivity index (χ1) is 30.0. The van der Waals surface area contributed by atoms with Crippen LogP contribution >= 0.6 is 0 Å². The predicted molar refractivity (Wildman–Crippen MR) is 270 cm³/mol. The summed E-state index contributed by atoms with van der Waals surface area (Å²) in [7, 11) is 0. The van der Waals surface area contributed by atoms with Crippen molar-refractivity contribution in [3.05, 3.63) is 209 Å². The predicted octanol–water partition coefficient (Wildman–Crippen LogP) is 17.4. The Hall–Kier alpha value is -6.44. The summed E-state index contributed by atoms with van der Waals surface area (Å²) in [5.41, 5.74) is 24.2. The van der Waals surface area contributed by atoms with Crippen molar-refractivity contribution in [3.63, 3.8) is 0 Å². The van der Waals surface area contributed by atoms with Crippen LogP contribution in [0.25, 0.3) is 55.6 Å². The Morgan fingerprint density at radius 1 is 0.333 bits per heavy atom. The highest BCUT2D eigenvalue weighted by molar-refractivity contribution is 5.97. The molecule has 2 aliphatic rings. The fraction of sp³-hybridized carbons (Fsp3) is 0.226. The van der Waals surface area contributed by atoms with Crippen LogP contribution in [-0.2, 0) is 21.7 Å². The number of benzene rings is 8. The third-order valence-electron chi connectivity index (χ3n) is 14.2. The fourth-order valence-corrected chi connectivity index (χ4v) is 10.6. The van der Waals surface area contributed by atoms with Crippen LogP contribution in [0.2, 0.25) is 0 Å². The van der Waals surface area contributed by atoms with Crippen LogP contribution in [0.5, 0.6) is 0 Å². The Kier molecular flexibility index (Phi) is 9.39. The number of para-hydroxylation sites is 2. The normalized spacial score (nSPS) is 14.4. The van der Waals surface area contributed by atoms with Gasteiger partial charge in [0.15, 0.2) is 0 Å². The van der Waals surface area contributed by atoms with E-state index >= 15 is 0 Å². The van der Waals surface area contributed by atoms with Gasteiger partial charge < -0.3 is 4.90 Å². The van der Waals surface area contributed by atoms with Gasteiger partial charge in [-0.3, -0.25) is 0 Å². The first-order valence-corrected chi connectivity index (χ1v) is 22.8. The summed E-state index contributed by atoms with van der Waals surface area (Å²) >= 11 is 0. The zero-order valence-electron chi connectivity index (χ0n) is 38.7. The SMILES string of the molecule is CC(C)(C)c1cc(-c2ccccc2N(c2ccc(-c3ccc4c(c3)C(C)(C)c3ccccc3-4)cc2)c2ccccc2-c2cccc3c2C(C)(C)c2ccccc2-3)cc(C(C)(C)C)c1. The lowest BCUT2D eigenvalue weighted by atomic mass is 9.78. The molecular weight excluding hydrogens is 759 g/mol. The lowest BCUT2D eigenvalue weighted by Gasteiger charge is -2.32. The lowest BCUT2D eigenvalue weighted by Crippen LogP contribution is -2.18. The van der Waals surface area contributed by atoms with E-state index in [2.05, 4.69) is 250 Å². The molecule has 2 aliphatic carbocycles. The Morgan fingerprint density at radius 2 is 0.778 bits per heavy atom. The van der Waals surface area contributed by atoms with E-state index in [9.17, 15) is 0 Å². The lowest BCUT2D eigenvalue weighted by molar-refractivity contribution is 0.569. The molecule has 0 saturated heterocycles. The maximum atomic E-state index is 2.52. The van der Waals surface area contributed by atoms with Gasteiger partial charge in [0.05, 0.1) is 11.4 Å². The topological polar surface area (TPSA) is 3.24 Å². The minimum Gasteiger partial charge on any atom is -0.309 e. The Morgan fingerprint density at radius 3 is 1.38 bits per heavy atom. The maximum Gasteiger partial charge on any atom is 0.0540 e. The average molecular weight is 818 g/mol. The molecule has 0 bridgehead atoms. The van der Waals surface area contributed by atoms with Crippen LogP contribution in [-0.4, -0.2) is 0 Å². The molecular formula is C62H59N. The zero-order valence-corrected chi connectivity index (χ0v) is 38.7. The molecule has 1 nitrogen and oxygen atoms in total. The third-order valence-corrected chi connectivity index (χ3v) is 14.2. The van der Waals surface area contributed by atoms with Crippen LogP contribution in [0.1, 0.15) is 103 Å². The Bertz CT molecular complexity index is 3040. The van der Waals surface area contributed by atoms with Gasteiger partial charge in [-0.05, 0) is 119 Å². The number of hydrogen-bond donors (Lipinski definition) is 0. The van der Waals surface area contributed by atoms with Gasteiger partial charge in [-0.15, -0.1) is 0 Å². The Balaban J connectivity index is 1.17. The minimum atomic E-state index is -0.164. The van der Waals surface area contributed by atoms with Crippen molar-refractivity contribution >= 4 is 17.1 Å². The van der Waals surface area contributed by atoms with Gasteiger partial charge >= 0.3 is 0 Å². The molecule has 63 heavy (non-hydrogen) atoms. The van der Waals surface area contributed by atoms with Crippen LogP contribution in [0.3, 0.4) is 0 Å². The molecule has 0 heterocycles. The monoisotopic (exact) mass is 817 g/mol. The number of anilines is 3. The van der Waals surface area contributed by atoms with Gasteiger partial charge in [-0.25, -0.2) is 0 Å². The smallest absolute Gasteiger partial charge is 0.0540 e. The van der Waals surface area contributed by atoms with Crippen LogP contribution < -0.4 is 4.90 Å². The van der Waals surface area contributed by atoms with E-state index in [0.29, 0.717) is 0 Å². The molecule has 8 aromatic rings. The first kappa shape index (κ1) is 40.6. The summed E-state index contributed by atoms with van der Waals surface area (Å²) in [6.07, 6.45) is 0. The second kappa shape index (κ2) is 14.6. The highest BCUT2D eigenvalue weighted by atomic mass is 15.1. The van der Waals surface area contributed by atoms with E-state index in [0.717, 1.165) is 17.1 Å². The van der Waals surface area contributed by atoms with Crippen LogP contribution in [0.4, 0.5) is 17.1 Å². The highest BCUT2D eigenvalue weighted by Gasteiger charge is 2.38. The van der Waals surface area contributed by atoms with Gasteiger partial charge in [0.2, 0.25) is 0 Å². The number of fused-ring (bicyclic) bond motifs is 6. The van der Waals surface area contributed by atoms with Crippen LogP contribution in [0.15, 0.2) is 176 Å². The zero-order chi connectivity index (χ0) is 44.1. The summed E-state index contributed by atoms with van der Waals surface area (Å²) < 4.78 is 0. The van der Waals surface area contributed by atoms with Gasteiger partial charge in [0.25, 0.3) is 0 Å². The van der Waals surface area contributed by atoms with Gasteiger partial charge in [0, 0.05) is 27.6 Å². The molecule has 312 valence electrons. The quantitative estimate of drug-likeness (QED) is 0.162. The van der Waals surface area contributed by atoms with E-state index in [-0.39, 0.29) is 21.7 Å².